The minimum absolute atomic E-state index is 0.374. The number of piperidine rings is 1. The smallest absolute Gasteiger partial charge is 0.180 e. The summed E-state index contributed by atoms with van der Waals surface area (Å²) in [4.78, 5) is 2.48. The molecule has 0 aromatic carbocycles. The van der Waals surface area contributed by atoms with Crippen molar-refractivity contribution in [3.63, 3.8) is 0 Å². The largest absolute Gasteiger partial charge is 0.352 e. The molecule has 0 spiro atoms. The summed E-state index contributed by atoms with van der Waals surface area (Å²) < 4.78 is 11.5. The Labute approximate surface area is 100 Å². The van der Waals surface area contributed by atoms with Crippen LogP contribution in [-0.4, -0.2) is 44.0 Å². The summed E-state index contributed by atoms with van der Waals surface area (Å²) in [6.45, 7) is 8.26. The number of hydrogen-bond donors (Lipinski definition) is 0. The molecule has 1 atom stereocenters. The van der Waals surface area contributed by atoms with Gasteiger partial charge in [-0.3, -0.25) is 4.90 Å². The second kappa shape index (κ2) is 7.25. The monoisotopic (exact) mass is 229 g/mol. The fourth-order valence-electron chi connectivity index (χ4n) is 2.52. The summed E-state index contributed by atoms with van der Waals surface area (Å²) >= 11 is 0. The molecule has 0 bridgehead atoms. The van der Waals surface area contributed by atoms with Gasteiger partial charge in [-0.1, -0.05) is 19.8 Å². The molecule has 1 unspecified atom stereocenters. The van der Waals surface area contributed by atoms with Gasteiger partial charge in [0.05, 0.1) is 6.54 Å². The van der Waals surface area contributed by atoms with Crippen molar-refractivity contribution in [2.75, 3.05) is 33.4 Å². The van der Waals surface area contributed by atoms with Crippen LogP contribution in [0.2, 0.25) is 0 Å². The van der Waals surface area contributed by atoms with Crippen molar-refractivity contribution in [3.8, 4) is 0 Å². The molecule has 1 aliphatic rings. The van der Waals surface area contributed by atoms with E-state index in [1.165, 1.54) is 32.4 Å². The summed E-state index contributed by atoms with van der Waals surface area (Å²) in [5.74, 6) is -0.374. The highest BCUT2D eigenvalue weighted by atomic mass is 16.7. The lowest BCUT2D eigenvalue weighted by atomic mass is 10.1. The van der Waals surface area contributed by atoms with E-state index >= 15 is 0 Å². The van der Waals surface area contributed by atoms with Crippen molar-refractivity contribution in [2.24, 2.45) is 0 Å². The van der Waals surface area contributed by atoms with Crippen LogP contribution in [0.3, 0.4) is 0 Å². The van der Waals surface area contributed by atoms with Crippen LogP contribution in [0.1, 0.15) is 46.0 Å². The lowest BCUT2D eigenvalue weighted by Gasteiger charge is -2.38. The molecule has 1 rings (SSSR count). The molecule has 3 nitrogen and oxygen atoms in total. The molecular weight excluding hydrogens is 202 g/mol. The summed E-state index contributed by atoms with van der Waals surface area (Å²) in [6.07, 6.45) is 6.09. The molecule has 96 valence electrons. The van der Waals surface area contributed by atoms with Crippen LogP contribution in [0.15, 0.2) is 0 Å². The van der Waals surface area contributed by atoms with Gasteiger partial charge in [0.2, 0.25) is 0 Å². The maximum atomic E-state index is 5.86. The van der Waals surface area contributed by atoms with Gasteiger partial charge in [-0.15, -0.1) is 0 Å². The van der Waals surface area contributed by atoms with E-state index in [1.807, 2.05) is 6.92 Å². The molecule has 0 aliphatic carbocycles. The first-order valence-electron chi connectivity index (χ1n) is 6.68. The quantitative estimate of drug-likeness (QED) is 0.626. The van der Waals surface area contributed by atoms with Crippen LogP contribution in [0, 0.1) is 0 Å². The number of methoxy groups -OCH3 is 1. The van der Waals surface area contributed by atoms with Gasteiger partial charge < -0.3 is 9.47 Å². The molecule has 0 aromatic heterocycles. The minimum atomic E-state index is -0.374. The zero-order valence-electron chi connectivity index (χ0n) is 11.1. The van der Waals surface area contributed by atoms with Crippen molar-refractivity contribution in [2.45, 2.75) is 51.7 Å². The first kappa shape index (κ1) is 13.9. The molecule has 16 heavy (non-hydrogen) atoms. The van der Waals surface area contributed by atoms with E-state index in [0.717, 1.165) is 26.0 Å². The number of ether oxygens (including phenoxy) is 2. The molecule has 3 heteroatoms. The van der Waals surface area contributed by atoms with E-state index in [2.05, 4.69) is 11.8 Å². The molecule has 1 saturated heterocycles. The maximum absolute atomic E-state index is 5.86. The zero-order chi connectivity index (χ0) is 11.9. The highest BCUT2D eigenvalue weighted by Gasteiger charge is 2.32. The molecule has 0 radical (unpaired) electrons. The SMILES string of the molecule is CCCC(CN1CCCCC1)(OC)OCC. The van der Waals surface area contributed by atoms with Crippen molar-refractivity contribution in [1.29, 1.82) is 0 Å². The summed E-state index contributed by atoms with van der Waals surface area (Å²) in [5, 5.41) is 0. The number of likely N-dealkylation sites (tertiary alicyclic amines) is 1. The Morgan fingerprint density at radius 1 is 1.12 bits per heavy atom. The van der Waals surface area contributed by atoms with E-state index in [0.29, 0.717) is 0 Å². The third-order valence-electron chi connectivity index (χ3n) is 3.32. The Hall–Kier alpha value is -0.120. The van der Waals surface area contributed by atoms with Crippen molar-refractivity contribution < 1.29 is 9.47 Å². The summed E-state index contributed by atoms with van der Waals surface area (Å²) in [5.41, 5.74) is 0. The summed E-state index contributed by atoms with van der Waals surface area (Å²) in [6, 6.07) is 0. The standard InChI is InChI=1S/C13H27NO2/c1-4-9-13(15-3,16-5-2)12-14-10-7-6-8-11-14/h4-12H2,1-3H3. The topological polar surface area (TPSA) is 21.7 Å². The second-order valence-corrected chi connectivity index (χ2v) is 4.63. The third kappa shape index (κ3) is 4.04. The van der Waals surface area contributed by atoms with E-state index in [9.17, 15) is 0 Å². The van der Waals surface area contributed by atoms with Gasteiger partial charge in [0.25, 0.3) is 0 Å². The molecular formula is C13H27NO2. The minimum Gasteiger partial charge on any atom is -0.352 e. The number of hydrogen-bond acceptors (Lipinski definition) is 3. The van der Waals surface area contributed by atoms with Crippen LogP contribution in [0.4, 0.5) is 0 Å². The lowest BCUT2D eigenvalue weighted by molar-refractivity contribution is -0.234. The first-order valence-corrected chi connectivity index (χ1v) is 6.68. The van der Waals surface area contributed by atoms with Crippen LogP contribution < -0.4 is 0 Å². The van der Waals surface area contributed by atoms with Crippen molar-refractivity contribution >= 4 is 0 Å². The molecule has 0 aromatic rings. The number of nitrogens with zero attached hydrogens (tertiary/aromatic N) is 1. The Balaban J connectivity index is 2.52. The Kier molecular flexibility index (Phi) is 6.32. The molecule has 0 N–H and O–H groups in total. The normalized spacial score (nSPS) is 21.9. The predicted molar refractivity (Wildman–Crippen MR) is 66.6 cm³/mol. The van der Waals surface area contributed by atoms with Gasteiger partial charge >= 0.3 is 0 Å². The zero-order valence-corrected chi connectivity index (χ0v) is 11.1. The second-order valence-electron chi connectivity index (χ2n) is 4.63. The van der Waals surface area contributed by atoms with Crippen LogP contribution >= 0.6 is 0 Å². The average Bonchev–Trinajstić information content (AvgIpc) is 2.31. The van der Waals surface area contributed by atoms with Gasteiger partial charge in [0.1, 0.15) is 0 Å². The van der Waals surface area contributed by atoms with Crippen LogP contribution in [-0.2, 0) is 9.47 Å². The van der Waals surface area contributed by atoms with E-state index in [1.54, 1.807) is 7.11 Å². The Bertz CT molecular complexity index is 173. The average molecular weight is 229 g/mol. The number of rotatable bonds is 7. The lowest BCUT2D eigenvalue weighted by Crippen LogP contribution is -2.48. The first-order chi connectivity index (χ1) is 7.76. The summed E-state index contributed by atoms with van der Waals surface area (Å²) in [7, 11) is 1.77. The maximum Gasteiger partial charge on any atom is 0.180 e. The van der Waals surface area contributed by atoms with Crippen molar-refractivity contribution in [1.82, 2.24) is 4.90 Å². The molecule has 1 fully saturated rings. The highest BCUT2D eigenvalue weighted by molar-refractivity contribution is 4.77. The van der Waals surface area contributed by atoms with E-state index in [-0.39, 0.29) is 5.79 Å². The van der Waals surface area contributed by atoms with E-state index in [4.69, 9.17) is 9.47 Å². The van der Waals surface area contributed by atoms with Gasteiger partial charge in [0, 0.05) is 20.1 Å². The molecule has 0 amide bonds. The van der Waals surface area contributed by atoms with Gasteiger partial charge in [-0.2, -0.15) is 0 Å². The van der Waals surface area contributed by atoms with Gasteiger partial charge in [-0.25, -0.2) is 0 Å². The fraction of sp³-hybridized carbons (Fsp3) is 1.00. The predicted octanol–water partition coefficient (Wildman–Crippen LogP) is 2.65. The highest BCUT2D eigenvalue weighted by Crippen LogP contribution is 2.23. The Morgan fingerprint density at radius 3 is 2.31 bits per heavy atom. The van der Waals surface area contributed by atoms with Gasteiger partial charge in [0.15, 0.2) is 5.79 Å². The molecule has 1 aliphatic heterocycles. The Morgan fingerprint density at radius 2 is 1.81 bits per heavy atom. The van der Waals surface area contributed by atoms with Crippen LogP contribution in [0.25, 0.3) is 0 Å². The molecule has 0 saturated carbocycles. The third-order valence-corrected chi connectivity index (χ3v) is 3.32. The fourth-order valence-corrected chi connectivity index (χ4v) is 2.52. The van der Waals surface area contributed by atoms with Crippen LogP contribution in [0.5, 0.6) is 0 Å². The van der Waals surface area contributed by atoms with E-state index < -0.39 is 0 Å². The molecule has 1 heterocycles. The van der Waals surface area contributed by atoms with Crippen molar-refractivity contribution in [3.05, 3.63) is 0 Å². The van der Waals surface area contributed by atoms with Gasteiger partial charge in [-0.05, 0) is 32.9 Å².